The second-order valence-electron chi connectivity index (χ2n) is 6.40. The number of anilines is 1. The molecular weight excluding hydrogens is 340 g/mol. The molecule has 0 atom stereocenters. The zero-order valence-electron chi connectivity index (χ0n) is 15.8. The lowest BCUT2D eigenvalue weighted by Crippen LogP contribution is -2.28. The van der Waals surface area contributed by atoms with Crippen LogP contribution in [0.3, 0.4) is 0 Å². The summed E-state index contributed by atoms with van der Waals surface area (Å²) in [5, 5.41) is 2.88. The molecule has 2 N–H and O–H groups in total. The van der Waals surface area contributed by atoms with Crippen molar-refractivity contribution in [3.63, 3.8) is 0 Å². The summed E-state index contributed by atoms with van der Waals surface area (Å²) in [4.78, 5) is 22.6. The van der Waals surface area contributed by atoms with E-state index < -0.39 is 0 Å². The summed E-state index contributed by atoms with van der Waals surface area (Å²) >= 11 is 0. The van der Waals surface area contributed by atoms with E-state index in [1.165, 1.54) is 0 Å². The van der Waals surface area contributed by atoms with Crippen molar-refractivity contribution in [1.29, 1.82) is 0 Å². The van der Waals surface area contributed by atoms with Crippen LogP contribution < -0.4 is 10.2 Å². The van der Waals surface area contributed by atoms with Crippen molar-refractivity contribution in [3.8, 4) is 0 Å². The number of rotatable bonds is 7. The maximum absolute atomic E-state index is 12.8. The van der Waals surface area contributed by atoms with Crippen LogP contribution in [0.25, 0.3) is 22.7 Å². The van der Waals surface area contributed by atoms with Crippen molar-refractivity contribution in [1.82, 2.24) is 15.3 Å². The van der Waals surface area contributed by atoms with Crippen molar-refractivity contribution >= 4 is 34.3 Å². The van der Waals surface area contributed by atoms with Gasteiger partial charge in [0.05, 0.1) is 23.2 Å². The van der Waals surface area contributed by atoms with Crippen LogP contribution >= 0.6 is 0 Å². The van der Waals surface area contributed by atoms with Crippen LogP contribution in [0.5, 0.6) is 0 Å². The number of ether oxygens (including phenoxy) is 1. The number of imidazole rings is 1. The van der Waals surface area contributed by atoms with Crippen LogP contribution in [-0.4, -0.2) is 50.2 Å². The van der Waals surface area contributed by atoms with Crippen LogP contribution in [0, 0.1) is 0 Å². The van der Waals surface area contributed by atoms with E-state index in [-0.39, 0.29) is 5.91 Å². The molecule has 140 valence electrons. The molecule has 3 aromatic rings. The Morgan fingerprint density at radius 2 is 1.93 bits per heavy atom. The summed E-state index contributed by atoms with van der Waals surface area (Å²) < 4.78 is 5.02. The largest absolute Gasteiger partial charge is 0.383 e. The molecule has 0 saturated heterocycles. The van der Waals surface area contributed by atoms with Crippen molar-refractivity contribution in [3.05, 3.63) is 59.9 Å². The van der Waals surface area contributed by atoms with Gasteiger partial charge in [0, 0.05) is 33.4 Å². The Balaban J connectivity index is 1.96. The molecule has 0 aliphatic rings. The summed E-state index contributed by atoms with van der Waals surface area (Å²) in [6.07, 6.45) is 1.85. The fourth-order valence-corrected chi connectivity index (χ4v) is 2.72. The SMILES string of the molecule is COCCNC(=O)C(=Cc1ccc(N(C)C)cc1)c1nc2ccccc2[nH]1. The maximum Gasteiger partial charge on any atom is 0.255 e. The molecule has 0 radical (unpaired) electrons. The van der Waals surface area contributed by atoms with Gasteiger partial charge in [0.25, 0.3) is 5.91 Å². The summed E-state index contributed by atoms with van der Waals surface area (Å²) in [7, 11) is 5.59. The smallest absolute Gasteiger partial charge is 0.255 e. The van der Waals surface area contributed by atoms with Gasteiger partial charge in [-0.2, -0.15) is 0 Å². The van der Waals surface area contributed by atoms with Crippen molar-refractivity contribution < 1.29 is 9.53 Å². The van der Waals surface area contributed by atoms with Crippen LogP contribution in [0.4, 0.5) is 5.69 Å². The quantitative estimate of drug-likeness (QED) is 0.500. The monoisotopic (exact) mass is 364 g/mol. The first kappa shape index (κ1) is 18.7. The third-order valence-corrected chi connectivity index (χ3v) is 4.20. The summed E-state index contributed by atoms with van der Waals surface area (Å²) in [6.45, 7) is 0.892. The molecule has 1 amide bonds. The molecule has 1 aromatic heterocycles. The van der Waals surface area contributed by atoms with Crippen molar-refractivity contribution in [2.24, 2.45) is 0 Å². The van der Waals surface area contributed by atoms with Gasteiger partial charge in [-0.1, -0.05) is 24.3 Å². The second kappa shape index (κ2) is 8.51. The van der Waals surface area contributed by atoms with Crippen molar-refractivity contribution in [2.45, 2.75) is 0 Å². The number of carbonyl (C=O) groups excluding carboxylic acids is 1. The number of nitrogens with one attached hydrogen (secondary N) is 2. The van der Waals surface area contributed by atoms with Gasteiger partial charge in [0.1, 0.15) is 5.82 Å². The molecule has 2 aromatic carbocycles. The number of aromatic amines is 1. The minimum absolute atomic E-state index is 0.192. The zero-order chi connectivity index (χ0) is 19.2. The number of H-pyrrole nitrogens is 1. The second-order valence-corrected chi connectivity index (χ2v) is 6.40. The van der Waals surface area contributed by atoms with Gasteiger partial charge < -0.3 is 19.9 Å². The molecule has 0 fully saturated rings. The number of benzene rings is 2. The minimum Gasteiger partial charge on any atom is -0.383 e. The lowest BCUT2D eigenvalue weighted by Gasteiger charge is -2.12. The fourth-order valence-electron chi connectivity index (χ4n) is 2.72. The predicted octanol–water partition coefficient (Wildman–Crippen LogP) is 2.93. The highest BCUT2D eigenvalue weighted by Gasteiger charge is 2.16. The molecule has 0 aliphatic carbocycles. The number of aromatic nitrogens is 2. The van der Waals surface area contributed by atoms with Crippen LogP contribution in [-0.2, 0) is 9.53 Å². The summed E-state index contributed by atoms with van der Waals surface area (Å²) in [5.41, 5.74) is 4.23. The third kappa shape index (κ3) is 4.54. The Bertz CT molecular complexity index is 909. The van der Waals surface area contributed by atoms with E-state index in [0.29, 0.717) is 24.5 Å². The average molecular weight is 364 g/mol. The molecule has 0 bridgehead atoms. The van der Waals surface area contributed by atoms with Gasteiger partial charge in [0.2, 0.25) is 0 Å². The summed E-state index contributed by atoms with van der Waals surface area (Å²) in [6, 6.07) is 15.7. The molecule has 6 heteroatoms. The number of hydrogen-bond donors (Lipinski definition) is 2. The van der Waals surface area contributed by atoms with Crippen LogP contribution in [0.2, 0.25) is 0 Å². The lowest BCUT2D eigenvalue weighted by atomic mass is 10.1. The fraction of sp³-hybridized carbons (Fsp3) is 0.238. The first-order chi connectivity index (χ1) is 13.1. The van der Waals surface area contributed by atoms with Crippen molar-refractivity contribution in [2.75, 3.05) is 39.3 Å². The van der Waals surface area contributed by atoms with E-state index >= 15 is 0 Å². The molecular formula is C21H24N4O2. The number of para-hydroxylation sites is 2. The third-order valence-electron chi connectivity index (χ3n) is 4.20. The van der Waals surface area contributed by atoms with Crippen LogP contribution in [0.1, 0.15) is 11.4 Å². The van der Waals surface area contributed by atoms with E-state index in [1.807, 2.05) is 73.6 Å². The molecule has 3 rings (SSSR count). The normalized spacial score (nSPS) is 11.6. The van der Waals surface area contributed by atoms with Crippen LogP contribution in [0.15, 0.2) is 48.5 Å². The van der Waals surface area contributed by atoms with Gasteiger partial charge in [-0.3, -0.25) is 4.79 Å². The zero-order valence-corrected chi connectivity index (χ0v) is 15.8. The predicted molar refractivity (Wildman–Crippen MR) is 110 cm³/mol. The standard InChI is InChI=1S/C21H24N4O2/c1-25(2)16-10-8-15(9-11-16)14-17(21(26)22-12-13-27-3)20-23-18-6-4-5-7-19(18)24-20/h4-11,14H,12-13H2,1-3H3,(H,22,26)(H,23,24). The number of nitrogens with zero attached hydrogens (tertiary/aromatic N) is 2. The highest BCUT2D eigenvalue weighted by Crippen LogP contribution is 2.21. The Hall–Kier alpha value is -3.12. The number of hydrogen-bond acceptors (Lipinski definition) is 4. The molecule has 1 heterocycles. The highest BCUT2D eigenvalue weighted by atomic mass is 16.5. The molecule has 0 spiro atoms. The van der Waals surface area contributed by atoms with Gasteiger partial charge in [-0.15, -0.1) is 0 Å². The first-order valence-electron chi connectivity index (χ1n) is 8.80. The number of fused-ring (bicyclic) bond motifs is 1. The van der Waals surface area contributed by atoms with E-state index in [4.69, 9.17) is 4.74 Å². The summed E-state index contributed by atoms with van der Waals surface area (Å²) in [5.74, 6) is 0.352. The first-order valence-corrected chi connectivity index (χ1v) is 8.80. The van der Waals surface area contributed by atoms with Gasteiger partial charge in [-0.25, -0.2) is 4.98 Å². The Kier molecular flexibility index (Phi) is 5.88. The van der Waals surface area contributed by atoms with Gasteiger partial charge in [0.15, 0.2) is 0 Å². The number of carbonyl (C=O) groups is 1. The molecule has 0 saturated carbocycles. The Labute approximate surface area is 158 Å². The molecule has 6 nitrogen and oxygen atoms in total. The van der Waals surface area contributed by atoms with E-state index in [9.17, 15) is 4.79 Å². The van der Waals surface area contributed by atoms with E-state index in [0.717, 1.165) is 22.3 Å². The number of amides is 1. The van der Waals surface area contributed by atoms with Gasteiger partial charge >= 0.3 is 0 Å². The molecule has 0 unspecified atom stereocenters. The van der Waals surface area contributed by atoms with E-state index in [2.05, 4.69) is 15.3 Å². The topological polar surface area (TPSA) is 70.2 Å². The molecule has 27 heavy (non-hydrogen) atoms. The Morgan fingerprint density at radius 1 is 1.19 bits per heavy atom. The lowest BCUT2D eigenvalue weighted by molar-refractivity contribution is -0.115. The van der Waals surface area contributed by atoms with E-state index in [1.54, 1.807) is 7.11 Å². The maximum atomic E-state index is 12.8. The minimum atomic E-state index is -0.192. The number of methoxy groups -OCH3 is 1. The van der Waals surface area contributed by atoms with Gasteiger partial charge in [-0.05, 0) is 35.9 Å². The average Bonchev–Trinajstić information content (AvgIpc) is 3.10. The molecule has 0 aliphatic heterocycles. The Morgan fingerprint density at radius 3 is 2.59 bits per heavy atom. The highest BCUT2D eigenvalue weighted by molar-refractivity contribution is 6.23.